The van der Waals surface area contributed by atoms with Crippen LogP contribution in [0, 0.1) is 11.3 Å². The van der Waals surface area contributed by atoms with Crippen molar-refractivity contribution in [1.82, 2.24) is 4.90 Å². The maximum atomic E-state index is 12.5. The average molecular weight is 302 g/mol. The highest BCUT2D eigenvalue weighted by Gasteiger charge is 2.61. The number of ether oxygens (including phenoxy) is 1. The number of nitriles is 1. The van der Waals surface area contributed by atoms with Crippen molar-refractivity contribution in [1.29, 1.82) is 5.26 Å². The van der Waals surface area contributed by atoms with E-state index in [0.29, 0.717) is 5.56 Å². The molecule has 1 aromatic rings. The number of carbonyl (C=O) groups excluding carboxylic acids is 2. The summed E-state index contributed by atoms with van der Waals surface area (Å²) in [5.41, 5.74) is -1.14. The second kappa shape index (κ2) is 6.16. The topological polar surface area (TPSA) is 90.6 Å². The molecule has 3 atom stereocenters. The highest BCUT2D eigenvalue weighted by molar-refractivity contribution is 5.92. The number of esters is 1. The fourth-order valence-corrected chi connectivity index (χ4v) is 3.07. The molecule has 6 heteroatoms. The zero-order valence-corrected chi connectivity index (χ0v) is 12.5. The van der Waals surface area contributed by atoms with Crippen molar-refractivity contribution in [3.8, 4) is 6.07 Å². The third kappa shape index (κ3) is 2.34. The lowest BCUT2D eigenvalue weighted by Crippen LogP contribution is -2.57. The molecular weight excluding hydrogens is 284 g/mol. The van der Waals surface area contributed by atoms with Gasteiger partial charge in [-0.1, -0.05) is 30.3 Å². The number of carbonyl (C=O) groups is 2. The predicted octanol–water partition coefficient (Wildman–Crippen LogP) is 1.17. The van der Waals surface area contributed by atoms with Gasteiger partial charge < -0.3 is 9.84 Å². The molecule has 0 bridgehead atoms. The van der Waals surface area contributed by atoms with Crippen molar-refractivity contribution in [3.05, 3.63) is 35.9 Å². The number of nitrogens with zero attached hydrogens (tertiary/aromatic N) is 2. The van der Waals surface area contributed by atoms with Gasteiger partial charge in [-0.05, 0) is 12.5 Å². The molecule has 0 radical (unpaired) electrons. The smallest absolute Gasteiger partial charge is 0.347 e. The van der Waals surface area contributed by atoms with E-state index in [1.165, 1.54) is 6.92 Å². The zero-order valence-electron chi connectivity index (χ0n) is 12.5. The number of aliphatic hydroxyl groups excluding tert-OH is 1. The number of aliphatic hydroxyl groups is 1. The Balaban J connectivity index is 2.59. The van der Waals surface area contributed by atoms with Crippen molar-refractivity contribution >= 4 is 11.9 Å². The quantitative estimate of drug-likeness (QED) is 0.846. The third-order valence-electron chi connectivity index (χ3n) is 3.93. The van der Waals surface area contributed by atoms with Crippen molar-refractivity contribution in [3.63, 3.8) is 0 Å². The highest BCUT2D eigenvalue weighted by atomic mass is 16.5. The Morgan fingerprint density at radius 2 is 2.09 bits per heavy atom. The van der Waals surface area contributed by atoms with E-state index in [1.54, 1.807) is 31.2 Å². The Hall–Kier alpha value is -2.39. The monoisotopic (exact) mass is 302 g/mol. The maximum Gasteiger partial charge on any atom is 0.347 e. The first-order chi connectivity index (χ1) is 10.5. The van der Waals surface area contributed by atoms with Crippen molar-refractivity contribution in [2.45, 2.75) is 38.0 Å². The summed E-state index contributed by atoms with van der Waals surface area (Å²) in [5.74, 6) is -1.99. The molecule has 0 saturated carbocycles. The van der Waals surface area contributed by atoms with Crippen LogP contribution >= 0.6 is 0 Å². The number of amides is 1. The summed E-state index contributed by atoms with van der Waals surface area (Å²) in [5, 5.41) is 19.9. The molecule has 0 aromatic heterocycles. The van der Waals surface area contributed by atoms with Gasteiger partial charge in [-0.2, -0.15) is 5.26 Å². The van der Waals surface area contributed by atoms with E-state index in [-0.39, 0.29) is 13.0 Å². The predicted molar refractivity (Wildman–Crippen MR) is 77.3 cm³/mol. The van der Waals surface area contributed by atoms with E-state index >= 15 is 0 Å². The lowest BCUT2D eigenvalue weighted by molar-refractivity contribution is -0.163. The zero-order chi connectivity index (χ0) is 16.3. The van der Waals surface area contributed by atoms with E-state index < -0.39 is 29.6 Å². The fraction of sp³-hybridized carbons (Fsp3) is 0.438. The standard InChI is InChI=1S/C16H18N2O4/c1-3-22-15(21)16(10-17)13(12-7-5-4-6-8-12)9-14(20)18(16)11(2)19/h4-8,13-14,20H,3,9H2,1-2H3/t13-,14+,16+/m0/s1. The molecule has 116 valence electrons. The summed E-state index contributed by atoms with van der Waals surface area (Å²) in [6.45, 7) is 2.94. The van der Waals surface area contributed by atoms with Gasteiger partial charge in [-0.15, -0.1) is 0 Å². The van der Waals surface area contributed by atoms with Gasteiger partial charge in [0.1, 0.15) is 12.3 Å². The molecular formula is C16H18N2O4. The van der Waals surface area contributed by atoms with Crippen LogP contribution in [0.3, 0.4) is 0 Å². The van der Waals surface area contributed by atoms with Gasteiger partial charge in [-0.3, -0.25) is 9.69 Å². The molecule has 1 aliphatic heterocycles. The fourth-order valence-electron chi connectivity index (χ4n) is 3.07. The van der Waals surface area contributed by atoms with E-state index in [0.717, 1.165) is 4.90 Å². The Kier molecular flexibility index (Phi) is 4.48. The van der Waals surface area contributed by atoms with E-state index in [4.69, 9.17) is 4.74 Å². The molecule has 1 aliphatic rings. The molecule has 2 rings (SSSR count). The van der Waals surface area contributed by atoms with Crippen molar-refractivity contribution < 1.29 is 19.4 Å². The van der Waals surface area contributed by atoms with E-state index in [9.17, 15) is 20.0 Å². The number of rotatable bonds is 3. The van der Waals surface area contributed by atoms with Crippen LogP contribution in [0.5, 0.6) is 0 Å². The van der Waals surface area contributed by atoms with Gasteiger partial charge >= 0.3 is 5.97 Å². The molecule has 1 N–H and O–H groups in total. The Labute approximate surface area is 128 Å². The lowest BCUT2D eigenvalue weighted by atomic mass is 9.80. The molecule has 22 heavy (non-hydrogen) atoms. The largest absolute Gasteiger partial charge is 0.463 e. The maximum absolute atomic E-state index is 12.5. The Morgan fingerprint density at radius 3 is 2.59 bits per heavy atom. The number of likely N-dealkylation sites (tertiary alicyclic amines) is 1. The number of hydrogen-bond donors (Lipinski definition) is 1. The molecule has 0 unspecified atom stereocenters. The van der Waals surface area contributed by atoms with Crippen LogP contribution in [0.25, 0.3) is 0 Å². The molecule has 1 aromatic carbocycles. The first-order valence-electron chi connectivity index (χ1n) is 7.10. The highest BCUT2D eigenvalue weighted by Crippen LogP contribution is 2.45. The summed E-state index contributed by atoms with van der Waals surface area (Å²) in [7, 11) is 0. The minimum atomic E-state index is -1.84. The molecule has 6 nitrogen and oxygen atoms in total. The van der Waals surface area contributed by atoms with Gasteiger partial charge in [0.25, 0.3) is 0 Å². The molecule has 1 saturated heterocycles. The van der Waals surface area contributed by atoms with Gasteiger partial charge in [0, 0.05) is 19.3 Å². The number of hydrogen-bond acceptors (Lipinski definition) is 5. The second-order valence-corrected chi connectivity index (χ2v) is 5.17. The average Bonchev–Trinajstić information content (AvgIpc) is 2.82. The second-order valence-electron chi connectivity index (χ2n) is 5.17. The molecule has 1 amide bonds. The molecule has 0 aliphatic carbocycles. The summed E-state index contributed by atoms with van der Waals surface area (Å²) in [6, 6.07) is 10.9. The van der Waals surface area contributed by atoms with Crippen LogP contribution in [-0.2, 0) is 14.3 Å². The van der Waals surface area contributed by atoms with Gasteiger partial charge in [0.05, 0.1) is 6.61 Å². The summed E-state index contributed by atoms with van der Waals surface area (Å²) < 4.78 is 5.03. The van der Waals surface area contributed by atoms with E-state index in [2.05, 4.69) is 0 Å². The Bertz CT molecular complexity index is 610. The normalized spacial score (nSPS) is 27.3. The van der Waals surface area contributed by atoms with Crippen molar-refractivity contribution in [2.75, 3.05) is 6.61 Å². The van der Waals surface area contributed by atoms with Crippen LogP contribution in [0.1, 0.15) is 31.7 Å². The van der Waals surface area contributed by atoms with Crippen LogP contribution in [0.4, 0.5) is 0 Å². The van der Waals surface area contributed by atoms with Crippen LogP contribution in [0.2, 0.25) is 0 Å². The SMILES string of the molecule is CCOC(=O)[C@@]1(C#N)[C@H](c2ccccc2)C[C@@H](O)N1C(C)=O. The van der Waals surface area contributed by atoms with Crippen molar-refractivity contribution in [2.24, 2.45) is 0 Å². The van der Waals surface area contributed by atoms with Crippen LogP contribution < -0.4 is 0 Å². The molecule has 0 spiro atoms. The summed E-state index contributed by atoms with van der Waals surface area (Å²) in [6.07, 6.45) is -1.09. The van der Waals surface area contributed by atoms with Crippen LogP contribution in [0.15, 0.2) is 30.3 Å². The van der Waals surface area contributed by atoms with Crippen LogP contribution in [-0.4, -0.2) is 40.3 Å². The summed E-state index contributed by atoms with van der Waals surface area (Å²) >= 11 is 0. The third-order valence-corrected chi connectivity index (χ3v) is 3.93. The summed E-state index contributed by atoms with van der Waals surface area (Å²) in [4.78, 5) is 25.3. The first-order valence-corrected chi connectivity index (χ1v) is 7.10. The Morgan fingerprint density at radius 1 is 1.45 bits per heavy atom. The molecule has 1 heterocycles. The van der Waals surface area contributed by atoms with Gasteiger partial charge in [0.15, 0.2) is 0 Å². The van der Waals surface area contributed by atoms with Gasteiger partial charge in [-0.25, -0.2) is 4.79 Å². The minimum absolute atomic E-state index is 0.0889. The number of benzene rings is 1. The minimum Gasteiger partial charge on any atom is -0.463 e. The van der Waals surface area contributed by atoms with E-state index in [1.807, 2.05) is 12.1 Å². The lowest BCUT2D eigenvalue weighted by Gasteiger charge is -2.34. The first kappa shape index (κ1) is 16.0. The molecule has 1 fully saturated rings. The van der Waals surface area contributed by atoms with Gasteiger partial charge in [0.2, 0.25) is 11.4 Å².